The van der Waals surface area contributed by atoms with Gasteiger partial charge >= 0.3 is 0 Å². The average Bonchev–Trinajstić information content (AvgIpc) is 2.57. The van der Waals surface area contributed by atoms with E-state index in [-0.39, 0.29) is 12.4 Å². The molecular weight excluding hydrogens is 332 g/mol. The minimum absolute atomic E-state index is 0.0501. The number of methoxy groups -OCH3 is 1. The van der Waals surface area contributed by atoms with E-state index in [4.69, 9.17) is 21.1 Å². The Morgan fingerprint density at radius 1 is 1.38 bits per heavy atom. The lowest BCUT2D eigenvalue weighted by Crippen LogP contribution is -2.24. The first-order valence-electron chi connectivity index (χ1n) is 7.08. The summed E-state index contributed by atoms with van der Waals surface area (Å²) in [6.07, 6.45) is 1.32. The van der Waals surface area contributed by atoms with Crippen LogP contribution in [0.4, 0.5) is 0 Å². The van der Waals surface area contributed by atoms with E-state index in [9.17, 15) is 9.90 Å². The van der Waals surface area contributed by atoms with E-state index in [1.54, 1.807) is 36.4 Å². The number of ether oxygens (including phenoxy) is 2. The zero-order valence-electron chi connectivity index (χ0n) is 13.2. The fourth-order valence-electron chi connectivity index (χ4n) is 1.87. The molecule has 0 saturated carbocycles. The average molecular weight is 349 g/mol. The molecule has 0 aliphatic carbocycles. The van der Waals surface area contributed by atoms with E-state index in [1.807, 2.05) is 6.92 Å². The number of nitrogens with zero attached hydrogens (tertiary/aromatic N) is 1. The maximum absolute atomic E-state index is 11.7. The Morgan fingerprint density at radius 3 is 2.88 bits per heavy atom. The summed E-state index contributed by atoms with van der Waals surface area (Å²) in [4.78, 5) is 11.7. The second kappa shape index (κ2) is 8.21. The van der Waals surface area contributed by atoms with Gasteiger partial charge in [0.05, 0.1) is 13.3 Å². The number of aromatic hydroxyl groups is 1. The number of benzene rings is 2. The summed E-state index contributed by atoms with van der Waals surface area (Å²) >= 11 is 5.92. The number of aryl methyl sites for hydroxylation is 1. The second-order valence-electron chi connectivity index (χ2n) is 4.89. The number of hydrogen-bond donors (Lipinski definition) is 2. The van der Waals surface area contributed by atoms with Crippen molar-refractivity contribution in [3.05, 3.63) is 52.5 Å². The predicted molar refractivity (Wildman–Crippen MR) is 92.1 cm³/mol. The summed E-state index contributed by atoms with van der Waals surface area (Å²) in [5.41, 5.74) is 3.60. The van der Waals surface area contributed by atoms with Crippen molar-refractivity contribution in [1.82, 2.24) is 5.43 Å². The molecule has 0 saturated heterocycles. The molecule has 0 atom stereocenters. The number of carbonyl (C=O) groups is 1. The Morgan fingerprint density at radius 2 is 2.17 bits per heavy atom. The molecule has 0 bridgehead atoms. The summed E-state index contributed by atoms with van der Waals surface area (Å²) in [5.74, 6) is 0.389. The lowest BCUT2D eigenvalue weighted by molar-refractivity contribution is -0.123. The first-order valence-corrected chi connectivity index (χ1v) is 7.46. The van der Waals surface area contributed by atoms with Gasteiger partial charge in [0.25, 0.3) is 5.91 Å². The van der Waals surface area contributed by atoms with Crippen molar-refractivity contribution in [1.29, 1.82) is 0 Å². The van der Waals surface area contributed by atoms with Gasteiger partial charge in [0.2, 0.25) is 0 Å². The van der Waals surface area contributed by atoms with Crippen LogP contribution in [0.5, 0.6) is 17.2 Å². The Hall–Kier alpha value is -2.73. The van der Waals surface area contributed by atoms with Crippen LogP contribution < -0.4 is 14.9 Å². The molecule has 0 heterocycles. The number of amides is 1. The van der Waals surface area contributed by atoms with Gasteiger partial charge in [-0.25, -0.2) is 5.43 Å². The fraction of sp³-hybridized carbons (Fsp3) is 0.176. The van der Waals surface area contributed by atoms with Crippen molar-refractivity contribution >= 4 is 23.7 Å². The van der Waals surface area contributed by atoms with Gasteiger partial charge in [0, 0.05) is 10.6 Å². The maximum atomic E-state index is 11.7. The highest BCUT2D eigenvalue weighted by Gasteiger charge is 2.06. The van der Waals surface area contributed by atoms with Crippen LogP contribution in [0.15, 0.2) is 41.5 Å². The summed E-state index contributed by atoms with van der Waals surface area (Å²) in [6, 6.07) is 10.1. The van der Waals surface area contributed by atoms with Crippen LogP contribution in [0.2, 0.25) is 5.02 Å². The largest absolute Gasteiger partial charge is 0.504 e. The standard InChI is InChI=1S/C17H17ClN2O4/c1-11-8-13(6-7-14(11)18)24-10-16(21)20-19-9-12-4-3-5-15(23-2)17(12)22/h3-9,22H,10H2,1-2H3,(H,20,21)/b19-9-. The molecule has 2 rings (SSSR count). The van der Waals surface area contributed by atoms with Crippen LogP contribution in [-0.2, 0) is 4.79 Å². The number of carbonyl (C=O) groups excluding carboxylic acids is 1. The van der Waals surface area contributed by atoms with Gasteiger partial charge < -0.3 is 14.6 Å². The van der Waals surface area contributed by atoms with Crippen molar-refractivity contribution in [3.63, 3.8) is 0 Å². The number of phenols is 1. The van der Waals surface area contributed by atoms with Crippen molar-refractivity contribution in [2.24, 2.45) is 5.10 Å². The van der Waals surface area contributed by atoms with E-state index < -0.39 is 5.91 Å². The Labute approximate surface area is 144 Å². The SMILES string of the molecule is COc1cccc(/C=N\NC(=O)COc2ccc(Cl)c(C)c2)c1O. The molecular formula is C17H17ClN2O4. The van der Waals surface area contributed by atoms with Gasteiger partial charge in [-0.3, -0.25) is 4.79 Å². The van der Waals surface area contributed by atoms with Crippen molar-refractivity contribution in [2.75, 3.05) is 13.7 Å². The number of para-hydroxylation sites is 1. The Kier molecular flexibility index (Phi) is 6.03. The van der Waals surface area contributed by atoms with Crippen molar-refractivity contribution in [2.45, 2.75) is 6.92 Å². The highest BCUT2D eigenvalue weighted by molar-refractivity contribution is 6.31. The van der Waals surface area contributed by atoms with E-state index >= 15 is 0 Å². The summed E-state index contributed by atoms with van der Waals surface area (Å²) in [5, 5.41) is 14.3. The Bertz CT molecular complexity index is 762. The number of hydrazone groups is 1. The van der Waals surface area contributed by atoms with E-state index in [0.717, 1.165) is 5.56 Å². The molecule has 7 heteroatoms. The molecule has 0 aliphatic heterocycles. The highest BCUT2D eigenvalue weighted by atomic mass is 35.5. The monoisotopic (exact) mass is 348 g/mol. The lowest BCUT2D eigenvalue weighted by Gasteiger charge is -2.07. The molecule has 0 radical (unpaired) electrons. The van der Waals surface area contributed by atoms with Crippen LogP contribution in [0.1, 0.15) is 11.1 Å². The smallest absolute Gasteiger partial charge is 0.277 e. The summed E-state index contributed by atoms with van der Waals surface area (Å²) < 4.78 is 10.3. The van der Waals surface area contributed by atoms with Crippen LogP contribution in [0.25, 0.3) is 0 Å². The minimum atomic E-state index is -0.429. The molecule has 2 aromatic carbocycles. The maximum Gasteiger partial charge on any atom is 0.277 e. The molecule has 0 aliphatic rings. The van der Waals surface area contributed by atoms with Gasteiger partial charge in [0.1, 0.15) is 5.75 Å². The van der Waals surface area contributed by atoms with Crippen LogP contribution >= 0.6 is 11.6 Å². The highest BCUT2D eigenvalue weighted by Crippen LogP contribution is 2.27. The topological polar surface area (TPSA) is 80.2 Å². The number of nitrogens with one attached hydrogen (secondary N) is 1. The molecule has 2 aromatic rings. The van der Waals surface area contributed by atoms with Crippen LogP contribution in [-0.4, -0.2) is 30.9 Å². The lowest BCUT2D eigenvalue weighted by atomic mass is 10.2. The zero-order chi connectivity index (χ0) is 17.5. The molecule has 24 heavy (non-hydrogen) atoms. The molecule has 126 valence electrons. The number of rotatable bonds is 6. The third-order valence-electron chi connectivity index (χ3n) is 3.14. The van der Waals surface area contributed by atoms with Gasteiger partial charge in [-0.1, -0.05) is 17.7 Å². The molecule has 0 spiro atoms. The van der Waals surface area contributed by atoms with E-state index in [1.165, 1.54) is 13.3 Å². The van der Waals surface area contributed by atoms with Gasteiger partial charge in [-0.15, -0.1) is 0 Å². The minimum Gasteiger partial charge on any atom is -0.504 e. The molecule has 1 amide bonds. The van der Waals surface area contributed by atoms with E-state index in [2.05, 4.69) is 10.5 Å². The second-order valence-corrected chi connectivity index (χ2v) is 5.30. The molecule has 0 fully saturated rings. The molecule has 0 aromatic heterocycles. The van der Waals surface area contributed by atoms with Crippen molar-refractivity contribution in [3.8, 4) is 17.2 Å². The van der Waals surface area contributed by atoms with E-state index in [0.29, 0.717) is 22.1 Å². The fourth-order valence-corrected chi connectivity index (χ4v) is 1.99. The third kappa shape index (κ3) is 4.63. The molecule has 6 nitrogen and oxygen atoms in total. The van der Waals surface area contributed by atoms with Crippen LogP contribution in [0, 0.1) is 6.92 Å². The predicted octanol–water partition coefficient (Wildman–Crippen LogP) is 2.89. The summed E-state index contributed by atoms with van der Waals surface area (Å²) in [6.45, 7) is 1.66. The Balaban J connectivity index is 1.88. The summed E-state index contributed by atoms with van der Waals surface area (Å²) in [7, 11) is 1.45. The first-order chi connectivity index (χ1) is 11.5. The normalized spacial score (nSPS) is 10.6. The van der Waals surface area contributed by atoms with Gasteiger partial charge in [-0.2, -0.15) is 5.10 Å². The number of hydrogen-bond acceptors (Lipinski definition) is 5. The first kappa shape index (κ1) is 17.6. The van der Waals surface area contributed by atoms with Gasteiger partial charge in [0.15, 0.2) is 18.1 Å². The molecule has 0 unspecified atom stereocenters. The quantitative estimate of drug-likeness (QED) is 0.621. The van der Waals surface area contributed by atoms with Crippen LogP contribution in [0.3, 0.4) is 0 Å². The number of phenolic OH excluding ortho intramolecular Hbond substituents is 1. The third-order valence-corrected chi connectivity index (χ3v) is 3.57. The zero-order valence-corrected chi connectivity index (χ0v) is 14.0. The van der Waals surface area contributed by atoms with Gasteiger partial charge in [-0.05, 0) is 42.8 Å². The van der Waals surface area contributed by atoms with Crippen molar-refractivity contribution < 1.29 is 19.4 Å². The number of halogens is 1. The molecule has 2 N–H and O–H groups in total.